The Hall–Kier alpha value is -3.80. The monoisotopic (exact) mass is 373 g/mol. The number of oxazole rings is 1. The van der Waals surface area contributed by atoms with Crippen LogP contribution in [0.15, 0.2) is 77.3 Å². The molecule has 0 radical (unpaired) electrons. The Bertz CT molecular complexity index is 1150. The highest BCUT2D eigenvalue weighted by atomic mass is 19.1. The smallest absolute Gasteiger partial charge is 0.257 e. The van der Waals surface area contributed by atoms with Gasteiger partial charge in [0.2, 0.25) is 5.89 Å². The standard InChI is InChI=1S/C22H16FN3O2/c1-14-7-6-12-20(25-14)26-21(27)15-8-2-3-9-16(15)22-24-13-19(28-22)17-10-4-5-11-18(17)23/h2-13H,1H3,(H,25,26,27). The van der Waals surface area contributed by atoms with Crippen molar-refractivity contribution in [1.29, 1.82) is 0 Å². The second-order valence-electron chi connectivity index (χ2n) is 6.17. The minimum absolute atomic E-state index is 0.237. The highest BCUT2D eigenvalue weighted by molar-refractivity contribution is 6.07. The first-order valence-corrected chi connectivity index (χ1v) is 8.67. The summed E-state index contributed by atoms with van der Waals surface area (Å²) in [4.78, 5) is 21.3. The molecule has 1 amide bonds. The van der Waals surface area contributed by atoms with E-state index in [0.717, 1.165) is 5.69 Å². The number of hydrogen-bond acceptors (Lipinski definition) is 4. The number of nitrogens with zero attached hydrogens (tertiary/aromatic N) is 2. The molecular weight excluding hydrogens is 357 g/mol. The van der Waals surface area contributed by atoms with Gasteiger partial charge in [-0.25, -0.2) is 14.4 Å². The molecule has 1 N–H and O–H groups in total. The molecule has 0 bridgehead atoms. The summed E-state index contributed by atoms with van der Waals surface area (Å²) >= 11 is 0. The molecular formula is C22H16FN3O2. The second kappa shape index (κ2) is 7.44. The molecule has 28 heavy (non-hydrogen) atoms. The van der Waals surface area contributed by atoms with E-state index in [-0.39, 0.29) is 11.8 Å². The Morgan fingerprint density at radius 3 is 2.50 bits per heavy atom. The van der Waals surface area contributed by atoms with Crippen molar-refractivity contribution < 1.29 is 13.6 Å². The molecule has 138 valence electrons. The van der Waals surface area contributed by atoms with Crippen LogP contribution in [0.25, 0.3) is 22.8 Å². The lowest BCUT2D eigenvalue weighted by molar-refractivity contribution is 0.102. The largest absolute Gasteiger partial charge is 0.436 e. The second-order valence-corrected chi connectivity index (χ2v) is 6.17. The van der Waals surface area contributed by atoms with E-state index >= 15 is 0 Å². The van der Waals surface area contributed by atoms with Crippen LogP contribution in [0.2, 0.25) is 0 Å². The fourth-order valence-corrected chi connectivity index (χ4v) is 2.85. The predicted octanol–water partition coefficient (Wildman–Crippen LogP) is 5.10. The van der Waals surface area contributed by atoms with Crippen LogP contribution in [0.1, 0.15) is 16.1 Å². The molecule has 0 saturated heterocycles. The van der Waals surface area contributed by atoms with Gasteiger partial charge in [-0.05, 0) is 43.3 Å². The number of rotatable bonds is 4. The molecule has 0 unspecified atom stereocenters. The van der Waals surface area contributed by atoms with E-state index in [9.17, 15) is 9.18 Å². The van der Waals surface area contributed by atoms with Crippen LogP contribution in [-0.2, 0) is 0 Å². The van der Waals surface area contributed by atoms with Gasteiger partial charge in [0.05, 0.1) is 17.3 Å². The van der Waals surface area contributed by atoms with Crippen molar-refractivity contribution >= 4 is 11.7 Å². The first kappa shape index (κ1) is 17.6. The van der Waals surface area contributed by atoms with Gasteiger partial charge in [-0.2, -0.15) is 0 Å². The molecule has 2 heterocycles. The lowest BCUT2D eigenvalue weighted by atomic mass is 10.1. The quantitative estimate of drug-likeness (QED) is 0.540. The van der Waals surface area contributed by atoms with Crippen LogP contribution in [0.3, 0.4) is 0 Å². The summed E-state index contributed by atoms with van der Waals surface area (Å²) in [5.74, 6) is 0.255. The zero-order chi connectivity index (χ0) is 19.5. The van der Waals surface area contributed by atoms with Gasteiger partial charge >= 0.3 is 0 Å². The summed E-state index contributed by atoms with van der Waals surface area (Å²) in [6, 6.07) is 18.6. The van der Waals surface area contributed by atoms with E-state index < -0.39 is 5.82 Å². The van der Waals surface area contributed by atoms with Crippen LogP contribution in [0.5, 0.6) is 0 Å². The number of aryl methyl sites for hydroxylation is 1. The third-order valence-electron chi connectivity index (χ3n) is 4.18. The number of aromatic nitrogens is 2. The fraction of sp³-hybridized carbons (Fsp3) is 0.0455. The summed E-state index contributed by atoms with van der Waals surface area (Å²) in [7, 11) is 0. The molecule has 0 aliphatic rings. The van der Waals surface area contributed by atoms with Crippen LogP contribution in [0, 0.1) is 12.7 Å². The van der Waals surface area contributed by atoms with Gasteiger partial charge < -0.3 is 9.73 Å². The number of nitrogens with one attached hydrogen (secondary N) is 1. The van der Waals surface area contributed by atoms with Crippen LogP contribution in [0.4, 0.5) is 10.2 Å². The van der Waals surface area contributed by atoms with Crippen LogP contribution >= 0.6 is 0 Å². The van der Waals surface area contributed by atoms with Crippen molar-refractivity contribution in [3.05, 3.63) is 90.0 Å². The van der Waals surface area contributed by atoms with E-state index in [4.69, 9.17) is 4.42 Å². The Balaban J connectivity index is 1.67. The number of benzene rings is 2. The van der Waals surface area contributed by atoms with E-state index in [1.54, 1.807) is 48.5 Å². The molecule has 0 aliphatic heterocycles. The van der Waals surface area contributed by atoms with Gasteiger partial charge in [0.1, 0.15) is 11.6 Å². The van der Waals surface area contributed by atoms with Crippen molar-refractivity contribution in [2.24, 2.45) is 0 Å². The molecule has 4 aromatic rings. The minimum atomic E-state index is -0.401. The maximum absolute atomic E-state index is 14.0. The molecule has 6 heteroatoms. The average Bonchev–Trinajstić information content (AvgIpc) is 3.18. The van der Waals surface area contributed by atoms with Crippen molar-refractivity contribution in [3.8, 4) is 22.8 Å². The summed E-state index contributed by atoms with van der Waals surface area (Å²) in [6.45, 7) is 1.85. The first-order chi connectivity index (χ1) is 13.6. The Morgan fingerprint density at radius 2 is 1.71 bits per heavy atom. The van der Waals surface area contributed by atoms with E-state index in [2.05, 4.69) is 15.3 Å². The highest BCUT2D eigenvalue weighted by Gasteiger charge is 2.18. The van der Waals surface area contributed by atoms with Crippen molar-refractivity contribution in [1.82, 2.24) is 9.97 Å². The minimum Gasteiger partial charge on any atom is -0.436 e. The molecule has 0 aliphatic carbocycles. The van der Waals surface area contributed by atoms with Gasteiger partial charge in [-0.15, -0.1) is 0 Å². The zero-order valence-electron chi connectivity index (χ0n) is 15.0. The third-order valence-corrected chi connectivity index (χ3v) is 4.18. The molecule has 0 saturated carbocycles. The topological polar surface area (TPSA) is 68.0 Å². The van der Waals surface area contributed by atoms with Crippen LogP contribution in [-0.4, -0.2) is 15.9 Å². The van der Waals surface area contributed by atoms with Crippen molar-refractivity contribution in [2.75, 3.05) is 5.32 Å². The number of halogens is 1. The number of pyridine rings is 1. The van der Waals surface area contributed by atoms with Crippen molar-refractivity contribution in [3.63, 3.8) is 0 Å². The van der Waals surface area contributed by atoms with Crippen molar-refractivity contribution in [2.45, 2.75) is 6.92 Å². The summed E-state index contributed by atoms with van der Waals surface area (Å²) in [5.41, 5.74) is 2.00. The normalized spacial score (nSPS) is 10.6. The van der Waals surface area contributed by atoms with Gasteiger partial charge in [-0.1, -0.05) is 30.3 Å². The lowest BCUT2D eigenvalue weighted by Gasteiger charge is -2.08. The SMILES string of the molecule is Cc1cccc(NC(=O)c2ccccc2-c2ncc(-c3ccccc3F)o2)n1. The van der Waals surface area contributed by atoms with E-state index in [1.807, 2.05) is 19.1 Å². The molecule has 4 rings (SSSR count). The summed E-state index contributed by atoms with van der Waals surface area (Å²) < 4.78 is 19.8. The Kier molecular flexibility index (Phi) is 4.68. The summed E-state index contributed by atoms with van der Waals surface area (Å²) in [5, 5.41) is 2.78. The number of amides is 1. The fourth-order valence-electron chi connectivity index (χ4n) is 2.85. The van der Waals surface area contributed by atoms with Gasteiger partial charge in [-0.3, -0.25) is 4.79 Å². The molecule has 2 aromatic carbocycles. The molecule has 5 nitrogen and oxygen atoms in total. The van der Waals surface area contributed by atoms with Gasteiger partial charge in [0.25, 0.3) is 5.91 Å². The zero-order valence-corrected chi connectivity index (χ0v) is 15.0. The molecule has 0 fully saturated rings. The third kappa shape index (κ3) is 3.53. The summed E-state index contributed by atoms with van der Waals surface area (Å²) in [6.07, 6.45) is 1.45. The maximum atomic E-state index is 14.0. The van der Waals surface area contributed by atoms with Crippen LogP contribution < -0.4 is 5.32 Å². The van der Waals surface area contributed by atoms with Gasteiger partial charge in [0, 0.05) is 11.3 Å². The lowest BCUT2D eigenvalue weighted by Crippen LogP contribution is -2.14. The number of carbonyl (C=O) groups is 1. The number of carbonyl (C=O) groups excluding carboxylic acids is 1. The maximum Gasteiger partial charge on any atom is 0.257 e. The Labute approximate surface area is 160 Å². The number of anilines is 1. The van der Waals surface area contributed by atoms with Gasteiger partial charge in [0.15, 0.2) is 5.76 Å². The Morgan fingerprint density at radius 1 is 0.964 bits per heavy atom. The number of hydrogen-bond donors (Lipinski definition) is 1. The van der Waals surface area contributed by atoms with E-state index in [1.165, 1.54) is 12.3 Å². The van der Waals surface area contributed by atoms with E-state index in [0.29, 0.717) is 28.3 Å². The average molecular weight is 373 g/mol. The highest BCUT2D eigenvalue weighted by Crippen LogP contribution is 2.29. The molecule has 0 spiro atoms. The predicted molar refractivity (Wildman–Crippen MR) is 104 cm³/mol. The first-order valence-electron chi connectivity index (χ1n) is 8.67. The molecule has 2 aromatic heterocycles. The molecule has 0 atom stereocenters.